The predicted molar refractivity (Wildman–Crippen MR) is 97.7 cm³/mol. The van der Waals surface area contributed by atoms with Crippen molar-refractivity contribution in [2.45, 2.75) is 26.4 Å². The van der Waals surface area contributed by atoms with Crippen LogP contribution in [0.15, 0.2) is 40.9 Å². The van der Waals surface area contributed by atoms with E-state index < -0.39 is 18.0 Å². The quantitative estimate of drug-likeness (QED) is 0.666. The first kappa shape index (κ1) is 18.4. The summed E-state index contributed by atoms with van der Waals surface area (Å²) in [6.07, 6.45) is -0.665. The first-order valence-corrected chi connectivity index (χ1v) is 8.40. The summed E-state index contributed by atoms with van der Waals surface area (Å²) in [6.45, 7) is 3.45. The van der Waals surface area contributed by atoms with Gasteiger partial charge in [0.05, 0.1) is 12.6 Å². The van der Waals surface area contributed by atoms with E-state index in [4.69, 9.17) is 14.0 Å². The van der Waals surface area contributed by atoms with Crippen LogP contribution in [0.3, 0.4) is 0 Å². The third-order valence-corrected chi connectivity index (χ3v) is 3.90. The summed E-state index contributed by atoms with van der Waals surface area (Å²) in [7, 11) is 1.58. The van der Waals surface area contributed by atoms with E-state index >= 15 is 0 Å². The fourth-order valence-electron chi connectivity index (χ4n) is 2.49. The van der Waals surface area contributed by atoms with Crippen molar-refractivity contribution >= 4 is 28.6 Å². The third kappa shape index (κ3) is 4.22. The Hall–Kier alpha value is -3.42. The highest BCUT2D eigenvalue weighted by molar-refractivity contribution is 5.97. The molecule has 3 aromatic rings. The van der Waals surface area contributed by atoms with Gasteiger partial charge in [-0.1, -0.05) is 18.1 Å². The summed E-state index contributed by atoms with van der Waals surface area (Å²) < 4.78 is 15.4. The lowest BCUT2D eigenvalue weighted by atomic mass is 10.2. The van der Waals surface area contributed by atoms with Crippen LogP contribution in [-0.4, -0.2) is 35.2 Å². The van der Waals surface area contributed by atoms with Crippen LogP contribution in [0, 0.1) is 6.92 Å². The Kier molecular flexibility index (Phi) is 5.35. The maximum atomic E-state index is 12.4. The number of pyridine rings is 1. The number of ether oxygens (including phenoxy) is 2. The van der Waals surface area contributed by atoms with Gasteiger partial charge in [0.15, 0.2) is 11.9 Å². The van der Waals surface area contributed by atoms with Gasteiger partial charge in [-0.2, -0.15) is 0 Å². The lowest BCUT2D eigenvalue weighted by Gasteiger charge is -2.15. The molecule has 0 saturated heterocycles. The molecule has 0 radical (unpaired) electrons. The van der Waals surface area contributed by atoms with Gasteiger partial charge in [0, 0.05) is 11.5 Å². The molecule has 1 aromatic carbocycles. The Morgan fingerprint density at radius 3 is 2.70 bits per heavy atom. The molecule has 0 bridgehead atoms. The van der Waals surface area contributed by atoms with Gasteiger partial charge in [-0.15, -0.1) is 0 Å². The molecule has 27 heavy (non-hydrogen) atoms. The maximum absolute atomic E-state index is 12.4. The molecule has 0 aliphatic heterocycles. The minimum absolute atomic E-state index is 0.121. The van der Waals surface area contributed by atoms with Crippen LogP contribution in [0.2, 0.25) is 0 Å². The summed E-state index contributed by atoms with van der Waals surface area (Å²) in [6, 6.07) is 10.2. The number of methoxy groups -OCH3 is 1. The van der Waals surface area contributed by atoms with Crippen LogP contribution >= 0.6 is 0 Å². The fourth-order valence-corrected chi connectivity index (χ4v) is 2.49. The van der Waals surface area contributed by atoms with Crippen molar-refractivity contribution in [1.29, 1.82) is 0 Å². The highest BCUT2D eigenvalue weighted by Gasteiger charge is 2.23. The second kappa shape index (κ2) is 7.86. The largest absolute Gasteiger partial charge is 0.497 e. The van der Waals surface area contributed by atoms with Crippen LogP contribution in [0.25, 0.3) is 10.9 Å². The van der Waals surface area contributed by atoms with Crippen molar-refractivity contribution in [3.8, 4) is 5.75 Å². The standard InChI is InChI=1S/C19H19N3O5/c1-4-16(18(23)21-17-9-11(2)27-22-17)26-19(24)15-7-5-12-10-13(25-3)6-8-14(12)20-15/h5-10,16H,4H2,1-3H3,(H,21,22,23)/t16-/m0/s1. The van der Waals surface area contributed by atoms with Crippen molar-refractivity contribution in [1.82, 2.24) is 10.1 Å². The number of fused-ring (bicyclic) bond motifs is 1. The van der Waals surface area contributed by atoms with E-state index in [1.54, 1.807) is 51.3 Å². The third-order valence-electron chi connectivity index (χ3n) is 3.90. The molecule has 0 fully saturated rings. The Morgan fingerprint density at radius 2 is 2.04 bits per heavy atom. The Balaban J connectivity index is 1.72. The minimum Gasteiger partial charge on any atom is -0.497 e. The smallest absolute Gasteiger partial charge is 0.357 e. The van der Waals surface area contributed by atoms with Gasteiger partial charge in [-0.05, 0) is 37.6 Å². The number of amides is 1. The molecule has 1 N–H and O–H groups in total. The highest BCUT2D eigenvalue weighted by Crippen LogP contribution is 2.20. The van der Waals surface area contributed by atoms with E-state index in [0.717, 1.165) is 5.39 Å². The number of nitrogens with zero attached hydrogens (tertiary/aromatic N) is 2. The molecule has 3 rings (SSSR count). The summed E-state index contributed by atoms with van der Waals surface area (Å²) in [5.74, 6) is 0.373. The second-order valence-electron chi connectivity index (χ2n) is 5.87. The molecule has 2 aromatic heterocycles. The zero-order valence-electron chi connectivity index (χ0n) is 15.2. The van der Waals surface area contributed by atoms with Crippen molar-refractivity contribution in [2.24, 2.45) is 0 Å². The Labute approximate surface area is 155 Å². The molecule has 1 atom stereocenters. The molecule has 0 aliphatic carbocycles. The minimum atomic E-state index is -0.970. The number of aromatic nitrogens is 2. The Morgan fingerprint density at radius 1 is 1.22 bits per heavy atom. The molecule has 8 heteroatoms. The molecule has 140 valence electrons. The molecule has 0 aliphatic rings. The Bertz CT molecular complexity index is 982. The van der Waals surface area contributed by atoms with Crippen molar-refractivity contribution in [3.63, 3.8) is 0 Å². The molecule has 8 nitrogen and oxygen atoms in total. The zero-order valence-corrected chi connectivity index (χ0v) is 15.2. The van der Waals surface area contributed by atoms with Gasteiger partial charge in [-0.25, -0.2) is 9.78 Å². The number of nitrogens with one attached hydrogen (secondary N) is 1. The normalized spacial score (nSPS) is 11.8. The average molecular weight is 369 g/mol. The second-order valence-corrected chi connectivity index (χ2v) is 5.87. The monoisotopic (exact) mass is 369 g/mol. The van der Waals surface area contributed by atoms with Gasteiger partial charge < -0.3 is 19.3 Å². The van der Waals surface area contributed by atoms with E-state index in [1.807, 2.05) is 6.07 Å². The SMILES string of the molecule is CC[C@H](OC(=O)c1ccc2cc(OC)ccc2n1)C(=O)Nc1cc(C)on1. The summed E-state index contributed by atoms with van der Waals surface area (Å²) in [5.41, 5.74) is 0.747. The molecule has 2 heterocycles. The highest BCUT2D eigenvalue weighted by atomic mass is 16.5. The van der Waals surface area contributed by atoms with E-state index in [2.05, 4.69) is 15.5 Å². The lowest BCUT2D eigenvalue weighted by Crippen LogP contribution is -2.32. The number of hydrogen-bond donors (Lipinski definition) is 1. The van der Waals surface area contributed by atoms with Crippen LogP contribution in [0.4, 0.5) is 5.82 Å². The molecular formula is C19H19N3O5. The number of benzene rings is 1. The first-order valence-electron chi connectivity index (χ1n) is 8.40. The van der Waals surface area contributed by atoms with Gasteiger partial charge in [0.1, 0.15) is 17.2 Å². The zero-order chi connectivity index (χ0) is 19.4. The molecule has 0 saturated carbocycles. The molecule has 0 spiro atoms. The fraction of sp³-hybridized carbons (Fsp3) is 0.263. The molecule has 1 amide bonds. The first-order chi connectivity index (χ1) is 13.0. The van der Waals surface area contributed by atoms with Gasteiger partial charge in [-0.3, -0.25) is 4.79 Å². The number of hydrogen-bond acceptors (Lipinski definition) is 7. The van der Waals surface area contributed by atoms with E-state index in [0.29, 0.717) is 23.4 Å². The van der Waals surface area contributed by atoms with E-state index in [9.17, 15) is 9.59 Å². The van der Waals surface area contributed by atoms with Crippen LogP contribution in [0.5, 0.6) is 5.75 Å². The molecule has 0 unspecified atom stereocenters. The van der Waals surface area contributed by atoms with Crippen molar-refractivity contribution in [2.75, 3.05) is 12.4 Å². The number of esters is 1. The average Bonchev–Trinajstić information content (AvgIpc) is 3.09. The lowest BCUT2D eigenvalue weighted by molar-refractivity contribution is -0.124. The van der Waals surface area contributed by atoms with Crippen LogP contribution in [-0.2, 0) is 9.53 Å². The van der Waals surface area contributed by atoms with Crippen LogP contribution in [0.1, 0.15) is 29.6 Å². The summed E-state index contributed by atoms with van der Waals surface area (Å²) in [5, 5.41) is 7.08. The number of anilines is 1. The van der Waals surface area contributed by atoms with E-state index in [-0.39, 0.29) is 11.5 Å². The predicted octanol–water partition coefficient (Wildman–Crippen LogP) is 3.11. The summed E-state index contributed by atoms with van der Waals surface area (Å²) >= 11 is 0. The molecular weight excluding hydrogens is 350 g/mol. The van der Waals surface area contributed by atoms with Crippen LogP contribution < -0.4 is 10.1 Å². The van der Waals surface area contributed by atoms with E-state index in [1.165, 1.54) is 0 Å². The van der Waals surface area contributed by atoms with Gasteiger partial charge >= 0.3 is 5.97 Å². The maximum Gasteiger partial charge on any atom is 0.357 e. The summed E-state index contributed by atoms with van der Waals surface area (Å²) in [4.78, 5) is 29.0. The number of carbonyl (C=O) groups excluding carboxylic acids is 2. The van der Waals surface area contributed by atoms with Gasteiger partial charge in [0.2, 0.25) is 0 Å². The van der Waals surface area contributed by atoms with Crippen molar-refractivity contribution < 1.29 is 23.6 Å². The van der Waals surface area contributed by atoms with Crippen molar-refractivity contribution in [3.05, 3.63) is 47.9 Å². The number of carbonyl (C=O) groups is 2. The number of rotatable bonds is 6. The van der Waals surface area contributed by atoms with Gasteiger partial charge in [0.25, 0.3) is 5.91 Å². The topological polar surface area (TPSA) is 104 Å². The number of aryl methyl sites for hydroxylation is 1.